The van der Waals surface area contributed by atoms with Crippen molar-refractivity contribution in [3.05, 3.63) is 54.9 Å². The van der Waals surface area contributed by atoms with E-state index in [-0.39, 0.29) is 22.9 Å². The summed E-state index contributed by atoms with van der Waals surface area (Å²) < 4.78 is 5.19. The summed E-state index contributed by atoms with van der Waals surface area (Å²) in [6, 6.07) is 3.79. The second-order valence-electron chi connectivity index (χ2n) is 6.36. The SMILES string of the molecule is CCOC(=O)c1c(NC(=O)c2cc(Cl)ccc2[N+](=O)[O-])sc2c1CCCCC2. The van der Waals surface area contributed by atoms with Crippen molar-refractivity contribution in [2.75, 3.05) is 11.9 Å². The van der Waals surface area contributed by atoms with E-state index in [4.69, 9.17) is 16.3 Å². The van der Waals surface area contributed by atoms with Crippen molar-refractivity contribution < 1.29 is 19.2 Å². The molecule has 1 heterocycles. The van der Waals surface area contributed by atoms with Gasteiger partial charge in [-0.05, 0) is 50.3 Å². The maximum Gasteiger partial charge on any atom is 0.341 e. The number of halogens is 1. The Hall–Kier alpha value is -2.45. The number of nitro benzene ring substituents is 1. The summed E-state index contributed by atoms with van der Waals surface area (Å²) in [5.41, 5.74) is 0.771. The molecule has 3 rings (SSSR count). The highest BCUT2D eigenvalue weighted by atomic mass is 35.5. The predicted molar refractivity (Wildman–Crippen MR) is 108 cm³/mol. The summed E-state index contributed by atoms with van der Waals surface area (Å²) in [5, 5.41) is 14.5. The molecule has 1 N–H and O–H groups in total. The molecular formula is C19H19ClN2O5S. The van der Waals surface area contributed by atoms with Crippen molar-refractivity contribution in [3.63, 3.8) is 0 Å². The summed E-state index contributed by atoms with van der Waals surface area (Å²) in [6.07, 6.45) is 4.64. The van der Waals surface area contributed by atoms with Crippen LogP contribution >= 0.6 is 22.9 Å². The first-order chi connectivity index (χ1) is 13.4. The van der Waals surface area contributed by atoms with Crippen LogP contribution in [0, 0.1) is 10.1 Å². The topological polar surface area (TPSA) is 98.5 Å². The minimum atomic E-state index is -0.684. The number of carbonyl (C=O) groups excluding carboxylic acids is 2. The zero-order valence-electron chi connectivity index (χ0n) is 15.2. The average Bonchev–Trinajstić information content (AvgIpc) is 2.82. The third-order valence-electron chi connectivity index (χ3n) is 4.53. The predicted octanol–water partition coefficient (Wildman–Crippen LogP) is 5.01. The van der Waals surface area contributed by atoms with Gasteiger partial charge in [-0.1, -0.05) is 18.0 Å². The number of aryl methyl sites for hydroxylation is 1. The van der Waals surface area contributed by atoms with E-state index in [0.717, 1.165) is 42.5 Å². The van der Waals surface area contributed by atoms with Gasteiger partial charge in [-0.15, -0.1) is 11.3 Å². The van der Waals surface area contributed by atoms with Gasteiger partial charge in [0.25, 0.3) is 11.6 Å². The molecule has 1 aliphatic rings. The molecule has 148 valence electrons. The number of amides is 1. The van der Waals surface area contributed by atoms with Gasteiger partial charge in [0.2, 0.25) is 0 Å². The number of thiophene rings is 1. The molecule has 7 nitrogen and oxygen atoms in total. The van der Waals surface area contributed by atoms with Crippen LogP contribution in [-0.4, -0.2) is 23.4 Å². The van der Waals surface area contributed by atoms with Gasteiger partial charge in [-0.3, -0.25) is 14.9 Å². The van der Waals surface area contributed by atoms with Crippen LogP contribution in [0.4, 0.5) is 10.7 Å². The molecule has 1 amide bonds. The lowest BCUT2D eigenvalue weighted by Gasteiger charge is -2.09. The molecule has 2 aromatic rings. The zero-order chi connectivity index (χ0) is 20.3. The van der Waals surface area contributed by atoms with Crippen molar-refractivity contribution in [1.82, 2.24) is 0 Å². The molecule has 9 heteroatoms. The first kappa shape index (κ1) is 20.3. The van der Waals surface area contributed by atoms with Crippen LogP contribution < -0.4 is 5.32 Å². The standard InChI is InChI=1S/C19H19ClN2O5S/c1-2-27-19(24)16-12-6-4-3-5-7-15(12)28-18(16)21-17(23)13-10-11(20)8-9-14(13)22(25)26/h8-10H,2-7H2,1H3,(H,21,23). The number of nitro groups is 1. The molecule has 0 saturated heterocycles. The Morgan fingerprint density at radius 2 is 2.04 bits per heavy atom. The van der Waals surface area contributed by atoms with Crippen LogP contribution in [0.1, 0.15) is 57.3 Å². The molecule has 1 aliphatic carbocycles. The van der Waals surface area contributed by atoms with E-state index in [0.29, 0.717) is 10.6 Å². The number of ether oxygens (including phenoxy) is 1. The molecule has 1 aromatic carbocycles. The molecule has 0 spiro atoms. The van der Waals surface area contributed by atoms with Gasteiger partial charge in [-0.25, -0.2) is 4.79 Å². The second kappa shape index (κ2) is 8.70. The Balaban J connectivity index is 2.00. The molecule has 1 aromatic heterocycles. The summed E-state index contributed by atoms with van der Waals surface area (Å²) in [5.74, 6) is -1.17. The molecule has 28 heavy (non-hydrogen) atoms. The van der Waals surface area contributed by atoms with Crippen molar-refractivity contribution in [2.45, 2.75) is 39.0 Å². The van der Waals surface area contributed by atoms with E-state index in [1.807, 2.05) is 0 Å². The molecule has 0 bridgehead atoms. The fourth-order valence-electron chi connectivity index (χ4n) is 3.27. The fraction of sp³-hybridized carbons (Fsp3) is 0.368. The van der Waals surface area contributed by atoms with E-state index in [1.54, 1.807) is 6.92 Å². The number of nitrogens with zero attached hydrogens (tertiary/aromatic N) is 1. The Labute approximate surface area is 170 Å². The van der Waals surface area contributed by atoms with Crippen LogP contribution in [0.3, 0.4) is 0 Å². The molecule has 0 atom stereocenters. The molecule has 0 aliphatic heterocycles. The lowest BCUT2D eigenvalue weighted by molar-refractivity contribution is -0.385. The molecule has 0 saturated carbocycles. The molecular weight excluding hydrogens is 404 g/mol. The van der Waals surface area contributed by atoms with Crippen molar-refractivity contribution in [3.8, 4) is 0 Å². The van der Waals surface area contributed by atoms with E-state index < -0.39 is 16.8 Å². The van der Waals surface area contributed by atoms with E-state index in [9.17, 15) is 19.7 Å². The van der Waals surface area contributed by atoms with Gasteiger partial charge in [0, 0.05) is 16.0 Å². The lowest BCUT2D eigenvalue weighted by Crippen LogP contribution is -2.16. The molecule has 0 radical (unpaired) electrons. The minimum Gasteiger partial charge on any atom is -0.462 e. The maximum atomic E-state index is 12.8. The summed E-state index contributed by atoms with van der Waals surface area (Å²) >= 11 is 7.25. The molecule has 0 fully saturated rings. The van der Waals surface area contributed by atoms with Crippen molar-refractivity contribution in [1.29, 1.82) is 0 Å². The Bertz CT molecular complexity index is 941. The monoisotopic (exact) mass is 422 g/mol. The number of hydrogen-bond donors (Lipinski definition) is 1. The van der Waals surface area contributed by atoms with Crippen LogP contribution in [0.2, 0.25) is 5.02 Å². The fourth-order valence-corrected chi connectivity index (χ4v) is 4.71. The van der Waals surface area contributed by atoms with Gasteiger partial charge in [-0.2, -0.15) is 0 Å². The van der Waals surface area contributed by atoms with Crippen molar-refractivity contribution >= 4 is 45.5 Å². The number of carbonyl (C=O) groups is 2. The highest BCUT2D eigenvalue weighted by Gasteiger charge is 2.28. The van der Waals surface area contributed by atoms with Crippen molar-refractivity contribution in [2.24, 2.45) is 0 Å². The zero-order valence-corrected chi connectivity index (χ0v) is 16.8. The number of esters is 1. The number of fused-ring (bicyclic) bond motifs is 1. The van der Waals surface area contributed by atoms with E-state index >= 15 is 0 Å². The Morgan fingerprint density at radius 1 is 1.29 bits per heavy atom. The quantitative estimate of drug-likeness (QED) is 0.316. The second-order valence-corrected chi connectivity index (χ2v) is 7.90. The number of benzene rings is 1. The largest absolute Gasteiger partial charge is 0.462 e. The summed E-state index contributed by atoms with van der Waals surface area (Å²) in [4.78, 5) is 37.0. The van der Waals surface area contributed by atoms with Gasteiger partial charge in [0.15, 0.2) is 0 Å². The number of rotatable bonds is 5. The third kappa shape index (κ3) is 4.18. The Morgan fingerprint density at radius 3 is 2.75 bits per heavy atom. The van der Waals surface area contributed by atoms with Crippen LogP contribution in [-0.2, 0) is 17.6 Å². The average molecular weight is 423 g/mol. The minimum absolute atomic E-state index is 0.157. The lowest BCUT2D eigenvalue weighted by atomic mass is 10.1. The number of nitrogens with one attached hydrogen (secondary N) is 1. The highest BCUT2D eigenvalue weighted by Crippen LogP contribution is 2.38. The number of hydrogen-bond acceptors (Lipinski definition) is 6. The van der Waals surface area contributed by atoms with Gasteiger partial charge >= 0.3 is 5.97 Å². The maximum absolute atomic E-state index is 12.8. The van der Waals surface area contributed by atoms with E-state index in [2.05, 4.69) is 5.32 Å². The highest BCUT2D eigenvalue weighted by molar-refractivity contribution is 7.17. The summed E-state index contributed by atoms with van der Waals surface area (Å²) in [7, 11) is 0. The van der Waals surface area contributed by atoms with Gasteiger partial charge in [0.05, 0.1) is 17.1 Å². The van der Waals surface area contributed by atoms with Gasteiger partial charge in [0.1, 0.15) is 10.6 Å². The molecule has 0 unspecified atom stereocenters. The summed E-state index contributed by atoms with van der Waals surface area (Å²) in [6.45, 7) is 1.94. The van der Waals surface area contributed by atoms with Crippen LogP contribution in [0.25, 0.3) is 0 Å². The van der Waals surface area contributed by atoms with Crippen LogP contribution in [0.5, 0.6) is 0 Å². The third-order valence-corrected chi connectivity index (χ3v) is 5.97. The van der Waals surface area contributed by atoms with Crippen LogP contribution in [0.15, 0.2) is 18.2 Å². The Kier molecular flexibility index (Phi) is 6.31. The van der Waals surface area contributed by atoms with Gasteiger partial charge < -0.3 is 10.1 Å². The first-order valence-electron chi connectivity index (χ1n) is 8.99. The first-order valence-corrected chi connectivity index (χ1v) is 10.2. The van der Waals surface area contributed by atoms with E-state index in [1.165, 1.54) is 29.5 Å². The normalized spacial score (nSPS) is 13.4. The smallest absolute Gasteiger partial charge is 0.341 e. The number of anilines is 1.